The molecule has 2 amide bonds. The Morgan fingerprint density at radius 1 is 0.914 bits per heavy atom. The van der Waals surface area contributed by atoms with E-state index in [9.17, 15) is 19.2 Å². The Bertz CT molecular complexity index is 1450. The molecule has 1 unspecified atom stereocenters. The van der Waals surface area contributed by atoms with E-state index >= 15 is 0 Å². The molecule has 8 heteroatoms. The Hall–Kier alpha value is -4.72. The Labute approximate surface area is 200 Å². The van der Waals surface area contributed by atoms with Gasteiger partial charge in [0.2, 0.25) is 5.76 Å². The molecule has 8 nitrogen and oxygen atoms in total. The number of anilines is 1. The molecule has 1 atom stereocenters. The Balaban J connectivity index is 1.39. The van der Waals surface area contributed by atoms with Crippen LogP contribution in [0.3, 0.4) is 0 Å². The monoisotopic (exact) mass is 470 g/mol. The first kappa shape index (κ1) is 23.4. The number of para-hydroxylation sites is 2. The highest BCUT2D eigenvalue weighted by atomic mass is 16.5. The van der Waals surface area contributed by atoms with Gasteiger partial charge in [-0.25, -0.2) is 4.79 Å². The van der Waals surface area contributed by atoms with E-state index in [1.165, 1.54) is 0 Å². The van der Waals surface area contributed by atoms with Crippen LogP contribution in [-0.2, 0) is 9.53 Å². The highest BCUT2D eigenvalue weighted by molar-refractivity contribution is 6.04. The number of hydrogen-bond acceptors (Lipinski definition) is 6. The van der Waals surface area contributed by atoms with Crippen LogP contribution in [0.15, 0.2) is 94.1 Å². The van der Waals surface area contributed by atoms with Crippen molar-refractivity contribution in [3.05, 3.63) is 112 Å². The number of rotatable bonds is 7. The first-order valence-corrected chi connectivity index (χ1v) is 10.9. The van der Waals surface area contributed by atoms with Gasteiger partial charge in [-0.15, -0.1) is 0 Å². The van der Waals surface area contributed by atoms with Crippen LogP contribution in [0.4, 0.5) is 5.69 Å². The predicted octanol–water partition coefficient (Wildman–Crippen LogP) is 4.08. The van der Waals surface area contributed by atoms with E-state index in [0.29, 0.717) is 5.39 Å². The minimum atomic E-state index is -0.953. The summed E-state index contributed by atoms with van der Waals surface area (Å²) in [7, 11) is 0. The molecule has 0 radical (unpaired) electrons. The molecule has 0 saturated heterocycles. The summed E-state index contributed by atoms with van der Waals surface area (Å²) in [6, 6.07) is 23.3. The van der Waals surface area contributed by atoms with Crippen LogP contribution in [0.25, 0.3) is 11.0 Å². The van der Waals surface area contributed by atoms with Crippen LogP contribution in [0.1, 0.15) is 39.4 Å². The summed E-state index contributed by atoms with van der Waals surface area (Å²) >= 11 is 0. The van der Waals surface area contributed by atoms with Gasteiger partial charge in [-0.05, 0) is 36.8 Å². The van der Waals surface area contributed by atoms with Crippen LogP contribution < -0.4 is 16.1 Å². The summed E-state index contributed by atoms with van der Waals surface area (Å²) in [5, 5.41) is 5.81. The standard InChI is InChI=1S/C27H22N2O6/c1-17(18-9-3-2-4-10-18)28-26(32)19-11-5-7-13-21(19)29-25(31)16-34-27(33)24-15-22(30)20-12-6-8-14-23(20)35-24/h2-15,17H,16H2,1H3,(H,28,32)(H,29,31). The Morgan fingerprint density at radius 3 is 2.40 bits per heavy atom. The molecule has 4 rings (SSSR count). The van der Waals surface area contributed by atoms with E-state index in [0.717, 1.165) is 11.6 Å². The van der Waals surface area contributed by atoms with Gasteiger partial charge in [0.05, 0.1) is 22.7 Å². The molecule has 0 spiro atoms. The van der Waals surface area contributed by atoms with Gasteiger partial charge in [0, 0.05) is 6.07 Å². The van der Waals surface area contributed by atoms with Crippen LogP contribution in [0, 0.1) is 0 Å². The largest absolute Gasteiger partial charge is 0.450 e. The second-order valence-corrected chi connectivity index (χ2v) is 7.75. The Morgan fingerprint density at radius 2 is 1.60 bits per heavy atom. The topological polar surface area (TPSA) is 115 Å². The van der Waals surface area contributed by atoms with Crippen LogP contribution in [-0.4, -0.2) is 24.4 Å². The summed E-state index contributed by atoms with van der Waals surface area (Å²) < 4.78 is 10.4. The second-order valence-electron chi connectivity index (χ2n) is 7.75. The van der Waals surface area contributed by atoms with Crippen LogP contribution in [0.2, 0.25) is 0 Å². The third-order valence-electron chi connectivity index (χ3n) is 5.26. The maximum Gasteiger partial charge on any atom is 0.374 e. The minimum absolute atomic E-state index is 0.237. The average molecular weight is 470 g/mol. The number of amides is 2. The second kappa shape index (κ2) is 10.5. The molecular weight excluding hydrogens is 448 g/mol. The van der Waals surface area contributed by atoms with Crippen molar-refractivity contribution in [2.75, 3.05) is 11.9 Å². The molecule has 176 valence electrons. The van der Waals surface area contributed by atoms with E-state index in [4.69, 9.17) is 9.15 Å². The fourth-order valence-corrected chi connectivity index (χ4v) is 3.48. The molecule has 4 aromatic rings. The molecule has 0 aliphatic carbocycles. The van der Waals surface area contributed by atoms with E-state index < -0.39 is 23.9 Å². The van der Waals surface area contributed by atoms with Crippen LogP contribution in [0.5, 0.6) is 0 Å². The lowest BCUT2D eigenvalue weighted by Crippen LogP contribution is -2.28. The number of ether oxygens (including phenoxy) is 1. The maximum atomic E-state index is 12.8. The highest BCUT2D eigenvalue weighted by Gasteiger charge is 2.18. The van der Waals surface area contributed by atoms with Gasteiger partial charge in [0.25, 0.3) is 11.8 Å². The highest BCUT2D eigenvalue weighted by Crippen LogP contribution is 2.18. The summed E-state index contributed by atoms with van der Waals surface area (Å²) in [4.78, 5) is 49.8. The number of nitrogens with one attached hydrogen (secondary N) is 2. The predicted molar refractivity (Wildman–Crippen MR) is 130 cm³/mol. The maximum absolute atomic E-state index is 12.8. The fourth-order valence-electron chi connectivity index (χ4n) is 3.48. The zero-order valence-electron chi connectivity index (χ0n) is 18.8. The first-order chi connectivity index (χ1) is 16.9. The minimum Gasteiger partial charge on any atom is -0.450 e. The van der Waals surface area contributed by atoms with E-state index in [2.05, 4.69) is 10.6 Å². The average Bonchev–Trinajstić information content (AvgIpc) is 2.88. The van der Waals surface area contributed by atoms with Crippen LogP contribution >= 0.6 is 0 Å². The molecule has 1 heterocycles. The Kier molecular flexibility index (Phi) is 7.02. The molecular formula is C27H22N2O6. The molecule has 0 fully saturated rings. The lowest BCUT2D eigenvalue weighted by molar-refractivity contribution is -0.119. The lowest BCUT2D eigenvalue weighted by Gasteiger charge is -2.16. The zero-order valence-corrected chi connectivity index (χ0v) is 18.8. The lowest BCUT2D eigenvalue weighted by atomic mass is 10.1. The van der Waals surface area contributed by atoms with Gasteiger partial charge in [0.1, 0.15) is 5.58 Å². The third-order valence-corrected chi connectivity index (χ3v) is 5.26. The number of carbonyl (C=O) groups excluding carboxylic acids is 3. The van der Waals surface area contributed by atoms with E-state index in [1.54, 1.807) is 48.5 Å². The third kappa shape index (κ3) is 5.62. The summed E-state index contributed by atoms with van der Waals surface area (Å²) in [6.07, 6.45) is 0. The smallest absolute Gasteiger partial charge is 0.374 e. The van der Waals surface area contributed by atoms with Gasteiger partial charge in [0.15, 0.2) is 12.0 Å². The molecule has 0 aliphatic heterocycles. The fraction of sp³-hybridized carbons (Fsp3) is 0.111. The van der Waals surface area contributed by atoms with Crippen molar-refractivity contribution in [2.45, 2.75) is 13.0 Å². The van der Waals surface area contributed by atoms with Gasteiger partial charge >= 0.3 is 5.97 Å². The van der Waals surface area contributed by atoms with E-state index in [1.807, 2.05) is 37.3 Å². The van der Waals surface area contributed by atoms with Gasteiger partial charge in [-0.2, -0.15) is 0 Å². The van der Waals surface area contributed by atoms with Crippen molar-refractivity contribution in [3.8, 4) is 0 Å². The zero-order chi connectivity index (χ0) is 24.8. The SMILES string of the molecule is CC(NC(=O)c1ccccc1NC(=O)COC(=O)c1cc(=O)c2ccccc2o1)c1ccccc1. The van der Waals surface area contributed by atoms with Gasteiger partial charge in [-0.1, -0.05) is 54.6 Å². The summed E-state index contributed by atoms with van der Waals surface area (Å²) in [6.45, 7) is 1.23. The van der Waals surface area contributed by atoms with Crippen molar-refractivity contribution in [1.29, 1.82) is 0 Å². The van der Waals surface area contributed by atoms with Gasteiger partial charge < -0.3 is 19.8 Å². The molecule has 3 aromatic carbocycles. The number of hydrogen-bond donors (Lipinski definition) is 2. The number of carbonyl (C=O) groups is 3. The molecule has 1 aromatic heterocycles. The van der Waals surface area contributed by atoms with Crippen molar-refractivity contribution in [1.82, 2.24) is 5.32 Å². The van der Waals surface area contributed by atoms with Crippen molar-refractivity contribution in [3.63, 3.8) is 0 Å². The molecule has 35 heavy (non-hydrogen) atoms. The number of benzene rings is 3. The van der Waals surface area contributed by atoms with E-state index in [-0.39, 0.29) is 34.5 Å². The molecule has 0 saturated carbocycles. The number of fused-ring (bicyclic) bond motifs is 1. The molecule has 0 aliphatic rings. The molecule has 2 N–H and O–H groups in total. The van der Waals surface area contributed by atoms with Crippen molar-refractivity contribution in [2.24, 2.45) is 0 Å². The quantitative estimate of drug-likeness (QED) is 0.394. The van der Waals surface area contributed by atoms with Crippen molar-refractivity contribution >= 4 is 34.4 Å². The van der Waals surface area contributed by atoms with Crippen molar-refractivity contribution < 1.29 is 23.5 Å². The summed E-state index contributed by atoms with van der Waals surface area (Å²) in [5.41, 5.74) is 1.31. The summed E-state index contributed by atoms with van der Waals surface area (Å²) in [5.74, 6) is -2.29. The molecule has 0 bridgehead atoms. The van der Waals surface area contributed by atoms with Gasteiger partial charge in [-0.3, -0.25) is 14.4 Å². The normalized spacial score (nSPS) is 11.5. The number of esters is 1. The first-order valence-electron chi connectivity index (χ1n) is 10.9.